The van der Waals surface area contributed by atoms with E-state index in [2.05, 4.69) is 5.32 Å². The Morgan fingerprint density at radius 2 is 2.00 bits per heavy atom. The fraction of sp³-hybridized carbons (Fsp3) is 0.200. The Hall–Kier alpha value is -1.74. The van der Waals surface area contributed by atoms with E-state index >= 15 is 0 Å². The van der Waals surface area contributed by atoms with Crippen LogP contribution in [0.4, 0.5) is 15.8 Å². The van der Waals surface area contributed by atoms with Gasteiger partial charge in [-0.2, -0.15) is 0 Å². The van der Waals surface area contributed by atoms with Crippen molar-refractivity contribution in [1.82, 2.24) is 0 Å². The quantitative estimate of drug-likeness (QED) is 0.829. The second-order valence-corrected chi connectivity index (χ2v) is 4.92. The number of rotatable bonds is 4. The lowest BCUT2D eigenvalue weighted by atomic mass is 10.1. The van der Waals surface area contributed by atoms with Gasteiger partial charge in [-0.15, -0.1) is 0 Å². The summed E-state index contributed by atoms with van der Waals surface area (Å²) in [6.07, 6.45) is 0.814. The molecule has 3 N–H and O–H groups in total. The van der Waals surface area contributed by atoms with Crippen molar-refractivity contribution in [1.29, 1.82) is 0 Å². The van der Waals surface area contributed by atoms with Crippen molar-refractivity contribution in [2.24, 2.45) is 0 Å². The van der Waals surface area contributed by atoms with E-state index in [9.17, 15) is 4.39 Å². The summed E-state index contributed by atoms with van der Waals surface area (Å²) in [5.74, 6) is -0.198. The monoisotopic (exact) mass is 278 g/mol. The van der Waals surface area contributed by atoms with Gasteiger partial charge in [0.1, 0.15) is 5.82 Å². The normalized spacial score (nSPS) is 10.5. The molecular formula is C15H16ClFN2. The van der Waals surface area contributed by atoms with E-state index in [1.165, 1.54) is 6.07 Å². The summed E-state index contributed by atoms with van der Waals surface area (Å²) < 4.78 is 13.0. The highest BCUT2D eigenvalue weighted by Crippen LogP contribution is 2.22. The highest BCUT2D eigenvalue weighted by atomic mass is 35.5. The maximum atomic E-state index is 13.0. The van der Waals surface area contributed by atoms with Gasteiger partial charge in [0.05, 0.1) is 11.4 Å². The number of halogens is 2. The third kappa shape index (κ3) is 3.61. The Morgan fingerprint density at radius 3 is 2.68 bits per heavy atom. The first-order chi connectivity index (χ1) is 9.06. The first kappa shape index (κ1) is 13.7. The van der Waals surface area contributed by atoms with Crippen LogP contribution < -0.4 is 11.1 Å². The standard InChI is InChI=1S/C15H16ClFN2/c1-10-8-13(17)4-2-11(10)6-7-19-15-5-3-12(16)9-14(15)18/h2-5,8-9,19H,6-7,18H2,1H3. The van der Waals surface area contributed by atoms with Gasteiger partial charge < -0.3 is 11.1 Å². The van der Waals surface area contributed by atoms with Gasteiger partial charge in [-0.05, 0) is 54.8 Å². The summed E-state index contributed by atoms with van der Waals surface area (Å²) in [7, 11) is 0. The molecule has 0 radical (unpaired) electrons. The van der Waals surface area contributed by atoms with E-state index in [0.717, 1.165) is 29.8 Å². The maximum absolute atomic E-state index is 13.0. The largest absolute Gasteiger partial charge is 0.397 e. The van der Waals surface area contributed by atoms with E-state index in [0.29, 0.717) is 10.7 Å². The summed E-state index contributed by atoms with van der Waals surface area (Å²) in [6.45, 7) is 2.65. The lowest BCUT2D eigenvalue weighted by Crippen LogP contribution is -2.07. The predicted molar refractivity (Wildman–Crippen MR) is 79.2 cm³/mol. The minimum absolute atomic E-state index is 0.198. The fourth-order valence-electron chi connectivity index (χ4n) is 1.97. The second-order valence-electron chi connectivity index (χ2n) is 4.48. The molecule has 0 atom stereocenters. The molecule has 0 heterocycles. The zero-order chi connectivity index (χ0) is 13.8. The van der Waals surface area contributed by atoms with Crippen LogP contribution in [0.5, 0.6) is 0 Å². The third-order valence-corrected chi connectivity index (χ3v) is 3.26. The lowest BCUT2D eigenvalue weighted by Gasteiger charge is -2.11. The van der Waals surface area contributed by atoms with Crippen molar-refractivity contribution in [3.63, 3.8) is 0 Å². The van der Waals surface area contributed by atoms with Crippen LogP contribution in [-0.4, -0.2) is 6.54 Å². The number of hydrogen-bond donors (Lipinski definition) is 2. The van der Waals surface area contributed by atoms with Gasteiger partial charge in [-0.1, -0.05) is 17.7 Å². The van der Waals surface area contributed by atoms with Gasteiger partial charge in [0, 0.05) is 11.6 Å². The molecule has 2 rings (SSSR count). The van der Waals surface area contributed by atoms with Gasteiger partial charge in [-0.3, -0.25) is 0 Å². The average molecular weight is 279 g/mol. The van der Waals surface area contributed by atoms with Crippen LogP contribution in [0.25, 0.3) is 0 Å². The Morgan fingerprint density at radius 1 is 1.21 bits per heavy atom. The predicted octanol–water partition coefficient (Wildman–Crippen LogP) is 4.02. The van der Waals surface area contributed by atoms with Crippen molar-refractivity contribution >= 4 is 23.0 Å². The minimum atomic E-state index is -0.198. The molecule has 0 amide bonds. The number of benzene rings is 2. The molecule has 0 saturated carbocycles. The summed E-state index contributed by atoms with van der Waals surface area (Å²) in [4.78, 5) is 0. The average Bonchev–Trinajstić information content (AvgIpc) is 2.34. The number of nitrogens with two attached hydrogens (primary N) is 1. The lowest BCUT2D eigenvalue weighted by molar-refractivity contribution is 0.625. The van der Waals surface area contributed by atoms with Crippen molar-refractivity contribution in [2.45, 2.75) is 13.3 Å². The van der Waals surface area contributed by atoms with Gasteiger partial charge in [0.15, 0.2) is 0 Å². The summed E-state index contributed by atoms with van der Waals surface area (Å²) >= 11 is 5.84. The topological polar surface area (TPSA) is 38.0 Å². The van der Waals surface area contributed by atoms with Crippen LogP contribution in [-0.2, 0) is 6.42 Å². The van der Waals surface area contributed by atoms with E-state index < -0.39 is 0 Å². The molecule has 19 heavy (non-hydrogen) atoms. The molecule has 0 saturated heterocycles. The molecule has 0 aliphatic rings. The summed E-state index contributed by atoms with van der Waals surface area (Å²) in [5, 5.41) is 3.88. The Labute approximate surface area is 117 Å². The van der Waals surface area contributed by atoms with Crippen molar-refractivity contribution in [3.8, 4) is 0 Å². The molecule has 100 valence electrons. The van der Waals surface area contributed by atoms with Crippen LogP contribution in [0.3, 0.4) is 0 Å². The van der Waals surface area contributed by atoms with Gasteiger partial charge >= 0.3 is 0 Å². The SMILES string of the molecule is Cc1cc(F)ccc1CCNc1ccc(Cl)cc1N. The molecule has 0 spiro atoms. The Kier molecular flexibility index (Phi) is 4.27. The number of nitrogens with one attached hydrogen (secondary N) is 1. The van der Waals surface area contributed by atoms with Crippen molar-refractivity contribution in [3.05, 3.63) is 58.4 Å². The Bertz CT molecular complexity index is 533. The molecule has 0 fully saturated rings. The number of anilines is 2. The third-order valence-electron chi connectivity index (χ3n) is 3.03. The second kappa shape index (κ2) is 5.93. The van der Waals surface area contributed by atoms with Crippen LogP contribution in [0.2, 0.25) is 5.02 Å². The molecule has 2 aromatic rings. The highest BCUT2D eigenvalue weighted by Gasteiger charge is 2.02. The number of nitrogen functional groups attached to an aromatic ring is 1. The maximum Gasteiger partial charge on any atom is 0.123 e. The minimum Gasteiger partial charge on any atom is -0.397 e. The molecule has 0 aromatic heterocycles. The zero-order valence-corrected chi connectivity index (χ0v) is 11.5. The van der Waals surface area contributed by atoms with Crippen LogP contribution in [0.1, 0.15) is 11.1 Å². The molecule has 2 nitrogen and oxygen atoms in total. The first-order valence-electron chi connectivity index (χ1n) is 6.10. The molecule has 0 aliphatic heterocycles. The zero-order valence-electron chi connectivity index (χ0n) is 10.7. The summed E-state index contributed by atoms with van der Waals surface area (Å²) in [5.41, 5.74) is 9.44. The van der Waals surface area contributed by atoms with E-state index in [1.54, 1.807) is 18.2 Å². The number of aryl methyl sites for hydroxylation is 1. The van der Waals surface area contributed by atoms with Gasteiger partial charge in [0.2, 0.25) is 0 Å². The molecule has 2 aromatic carbocycles. The van der Waals surface area contributed by atoms with Crippen LogP contribution in [0.15, 0.2) is 36.4 Å². The molecular weight excluding hydrogens is 263 g/mol. The van der Waals surface area contributed by atoms with Crippen molar-refractivity contribution in [2.75, 3.05) is 17.6 Å². The van der Waals surface area contributed by atoms with Gasteiger partial charge in [-0.25, -0.2) is 4.39 Å². The smallest absolute Gasteiger partial charge is 0.123 e. The molecule has 4 heteroatoms. The highest BCUT2D eigenvalue weighted by molar-refractivity contribution is 6.31. The van der Waals surface area contributed by atoms with Gasteiger partial charge in [0.25, 0.3) is 0 Å². The van der Waals surface area contributed by atoms with Crippen LogP contribution in [0, 0.1) is 12.7 Å². The number of hydrogen-bond acceptors (Lipinski definition) is 2. The van der Waals surface area contributed by atoms with Crippen LogP contribution >= 0.6 is 11.6 Å². The Balaban J connectivity index is 1.96. The summed E-state index contributed by atoms with van der Waals surface area (Å²) in [6, 6.07) is 10.2. The molecule has 0 aliphatic carbocycles. The first-order valence-corrected chi connectivity index (χ1v) is 6.48. The van der Waals surface area contributed by atoms with E-state index in [1.807, 2.05) is 19.1 Å². The van der Waals surface area contributed by atoms with E-state index in [4.69, 9.17) is 17.3 Å². The van der Waals surface area contributed by atoms with E-state index in [-0.39, 0.29) is 5.82 Å². The molecule has 0 unspecified atom stereocenters. The molecule has 0 bridgehead atoms. The fourth-order valence-corrected chi connectivity index (χ4v) is 2.15. The van der Waals surface area contributed by atoms with Crippen molar-refractivity contribution < 1.29 is 4.39 Å².